The highest BCUT2D eigenvalue weighted by atomic mass is 16.6. The topological polar surface area (TPSA) is 55.8 Å². The van der Waals surface area contributed by atoms with Crippen LogP contribution in [0.4, 0.5) is 4.79 Å². The lowest BCUT2D eigenvalue weighted by Crippen LogP contribution is -2.41. The van der Waals surface area contributed by atoms with Crippen molar-refractivity contribution in [2.24, 2.45) is 0 Å². The van der Waals surface area contributed by atoms with Gasteiger partial charge in [-0.25, -0.2) is 4.79 Å². The Morgan fingerprint density at radius 3 is 2.74 bits per heavy atom. The monoisotopic (exact) mass is 259 g/mol. The Morgan fingerprint density at radius 2 is 2.05 bits per heavy atom. The van der Waals surface area contributed by atoms with Gasteiger partial charge in [-0.05, 0) is 18.4 Å². The molecular formula is C13H14BNO4. The molecule has 1 fully saturated rings. The van der Waals surface area contributed by atoms with Crippen molar-refractivity contribution in [3.63, 3.8) is 0 Å². The molecule has 1 amide bonds. The van der Waals surface area contributed by atoms with Crippen LogP contribution in [0.2, 0.25) is 0 Å². The van der Waals surface area contributed by atoms with E-state index in [0.29, 0.717) is 13.0 Å². The lowest BCUT2D eigenvalue weighted by atomic mass is 10.2. The molecule has 1 aromatic carbocycles. The van der Waals surface area contributed by atoms with Crippen LogP contribution < -0.4 is 0 Å². The molecule has 2 radical (unpaired) electrons. The molecule has 0 unspecified atom stereocenters. The Bertz CT molecular complexity index is 451. The van der Waals surface area contributed by atoms with E-state index in [4.69, 9.17) is 12.8 Å². The van der Waals surface area contributed by atoms with E-state index in [-0.39, 0.29) is 6.61 Å². The molecule has 1 aromatic rings. The SMILES string of the molecule is [B]OC(=O)[C@H]1CCCN1C(=O)OCc1ccccc1. The van der Waals surface area contributed by atoms with Crippen LogP contribution in [0.5, 0.6) is 0 Å². The Labute approximate surface area is 112 Å². The molecule has 5 nitrogen and oxygen atoms in total. The van der Waals surface area contributed by atoms with Crippen molar-refractivity contribution < 1.29 is 19.0 Å². The van der Waals surface area contributed by atoms with Crippen molar-refractivity contribution in [1.82, 2.24) is 4.90 Å². The van der Waals surface area contributed by atoms with Crippen molar-refractivity contribution in [3.05, 3.63) is 35.9 Å². The maximum absolute atomic E-state index is 11.9. The molecule has 2 rings (SSSR count). The van der Waals surface area contributed by atoms with Gasteiger partial charge in [0.25, 0.3) is 0 Å². The molecule has 1 atom stereocenters. The summed E-state index contributed by atoms with van der Waals surface area (Å²) in [5.41, 5.74) is 0.896. The Hall–Kier alpha value is -1.98. The number of hydrogen-bond donors (Lipinski definition) is 0. The van der Waals surface area contributed by atoms with Gasteiger partial charge in [0.2, 0.25) is 0 Å². The Morgan fingerprint density at radius 1 is 1.32 bits per heavy atom. The largest absolute Gasteiger partial charge is 0.542 e. The predicted molar refractivity (Wildman–Crippen MR) is 68.2 cm³/mol. The molecule has 0 N–H and O–H groups in total. The summed E-state index contributed by atoms with van der Waals surface area (Å²) in [5, 5.41) is 0. The third-order valence-electron chi connectivity index (χ3n) is 3.08. The number of amides is 1. The third kappa shape index (κ3) is 3.27. The predicted octanol–water partition coefficient (Wildman–Crippen LogP) is 1.41. The van der Waals surface area contributed by atoms with Gasteiger partial charge in [-0.3, -0.25) is 9.69 Å². The number of nitrogens with zero attached hydrogens (tertiary/aromatic N) is 1. The highest BCUT2D eigenvalue weighted by Gasteiger charge is 2.35. The van der Waals surface area contributed by atoms with Crippen LogP contribution in [0, 0.1) is 0 Å². The van der Waals surface area contributed by atoms with Gasteiger partial charge in [0.15, 0.2) is 0 Å². The lowest BCUT2D eigenvalue weighted by molar-refractivity contribution is -0.138. The molecule has 0 bridgehead atoms. The van der Waals surface area contributed by atoms with E-state index in [1.165, 1.54) is 4.90 Å². The summed E-state index contributed by atoms with van der Waals surface area (Å²) in [6, 6.07) is 8.72. The highest BCUT2D eigenvalue weighted by Crippen LogP contribution is 2.19. The van der Waals surface area contributed by atoms with E-state index in [9.17, 15) is 9.59 Å². The minimum atomic E-state index is -0.631. The number of likely N-dealkylation sites (tertiary alicyclic amines) is 1. The molecule has 1 aliphatic heterocycles. The molecule has 0 spiro atoms. The average molecular weight is 259 g/mol. The zero-order chi connectivity index (χ0) is 13.7. The van der Waals surface area contributed by atoms with Crippen molar-refractivity contribution in [3.8, 4) is 0 Å². The number of benzene rings is 1. The van der Waals surface area contributed by atoms with Gasteiger partial charge in [-0.2, -0.15) is 0 Å². The summed E-state index contributed by atoms with van der Waals surface area (Å²) >= 11 is 0. The van der Waals surface area contributed by atoms with Crippen LogP contribution in [-0.2, 0) is 20.8 Å². The zero-order valence-electron chi connectivity index (χ0n) is 10.5. The van der Waals surface area contributed by atoms with Crippen LogP contribution in [-0.4, -0.2) is 37.6 Å². The summed E-state index contributed by atoms with van der Waals surface area (Å²) in [6.45, 7) is 0.661. The maximum Gasteiger partial charge on any atom is 0.410 e. The first-order chi connectivity index (χ1) is 9.22. The van der Waals surface area contributed by atoms with Crippen LogP contribution in [0.1, 0.15) is 18.4 Å². The van der Waals surface area contributed by atoms with Crippen molar-refractivity contribution in [2.75, 3.05) is 6.54 Å². The minimum absolute atomic E-state index is 0.181. The summed E-state index contributed by atoms with van der Waals surface area (Å²) in [4.78, 5) is 24.7. The zero-order valence-corrected chi connectivity index (χ0v) is 10.5. The molecule has 1 aliphatic rings. The van der Waals surface area contributed by atoms with Crippen molar-refractivity contribution in [2.45, 2.75) is 25.5 Å². The fraction of sp³-hybridized carbons (Fsp3) is 0.385. The normalized spacial score (nSPS) is 18.1. The summed E-state index contributed by atoms with van der Waals surface area (Å²) in [7, 11) is 4.85. The molecule has 1 heterocycles. The minimum Gasteiger partial charge on any atom is -0.542 e. The van der Waals surface area contributed by atoms with Gasteiger partial charge in [0, 0.05) is 6.54 Å². The second-order valence-electron chi connectivity index (χ2n) is 4.33. The number of carbonyl (C=O) groups excluding carboxylic acids is 2. The van der Waals surface area contributed by atoms with Crippen molar-refractivity contribution in [1.29, 1.82) is 0 Å². The van der Waals surface area contributed by atoms with E-state index >= 15 is 0 Å². The molecule has 19 heavy (non-hydrogen) atoms. The lowest BCUT2D eigenvalue weighted by Gasteiger charge is -2.22. The second kappa shape index (κ2) is 6.27. The first-order valence-electron chi connectivity index (χ1n) is 6.10. The first kappa shape index (κ1) is 13.5. The van der Waals surface area contributed by atoms with Gasteiger partial charge in [0.1, 0.15) is 12.6 Å². The average Bonchev–Trinajstić information content (AvgIpc) is 2.94. The molecule has 0 aliphatic carbocycles. The number of carbonyl (C=O) groups is 2. The smallest absolute Gasteiger partial charge is 0.410 e. The number of hydrogen-bond acceptors (Lipinski definition) is 4. The van der Waals surface area contributed by atoms with Crippen molar-refractivity contribution >= 4 is 20.1 Å². The Balaban J connectivity index is 1.90. The van der Waals surface area contributed by atoms with E-state index in [0.717, 1.165) is 12.0 Å². The molecule has 98 valence electrons. The summed E-state index contributed by atoms with van der Waals surface area (Å²) in [5.74, 6) is -0.603. The molecule has 0 aromatic heterocycles. The Kier molecular flexibility index (Phi) is 4.44. The fourth-order valence-electron chi connectivity index (χ4n) is 2.11. The summed E-state index contributed by atoms with van der Waals surface area (Å²) < 4.78 is 9.36. The third-order valence-corrected chi connectivity index (χ3v) is 3.08. The first-order valence-corrected chi connectivity index (χ1v) is 6.10. The van der Waals surface area contributed by atoms with E-state index < -0.39 is 18.1 Å². The quantitative estimate of drug-likeness (QED) is 0.770. The van der Waals surface area contributed by atoms with E-state index in [1.807, 2.05) is 30.3 Å². The van der Waals surface area contributed by atoms with E-state index in [1.54, 1.807) is 0 Å². The van der Waals surface area contributed by atoms with Gasteiger partial charge in [-0.1, -0.05) is 30.3 Å². The van der Waals surface area contributed by atoms with Crippen LogP contribution in [0.15, 0.2) is 30.3 Å². The van der Waals surface area contributed by atoms with Gasteiger partial charge < -0.3 is 9.39 Å². The highest BCUT2D eigenvalue weighted by molar-refractivity contribution is 6.06. The van der Waals surface area contributed by atoms with Gasteiger partial charge in [0.05, 0.1) is 0 Å². The van der Waals surface area contributed by atoms with Crippen LogP contribution in [0.3, 0.4) is 0 Å². The van der Waals surface area contributed by atoms with Gasteiger partial charge in [-0.15, -0.1) is 0 Å². The molecule has 1 saturated heterocycles. The van der Waals surface area contributed by atoms with Crippen LogP contribution >= 0.6 is 0 Å². The molecule has 6 heteroatoms. The molecule has 0 saturated carbocycles. The maximum atomic E-state index is 11.9. The number of rotatable bonds is 3. The molecular weight excluding hydrogens is 245 g/mol. The van der Waals surface area contributed by atoms with Gasteiger partial charge >= 0.3 is 20.1 Å². The standard InChI is InChI=1S/C13H14BNO4/c14-19-12(16)11-7-4-8-15(11)13(17)18-9-10-5-2-1-3-6-10/h1-3,5-6,11H,4,7-9H2/t11-/m1/s1. The van der Waals surface area contributed by atoms with Crippen LogP contribution in [0.25, 0.3) is 0 Å². The number of ether oxygens (including phenoxy) is 1. The summed E-state index contributed by atoms with van der Waals surface area (Å²) in [6.07, 6.45) is 0.771. The van der Waals surface area contributed by atoms with E-state index in [2.05, 4.69) is 4.65 Å². The fourth-order valence-corrected chi connectivity index (χ4v) is 2.11. The second-order valence-corrected chi connectivity index (χ2v) is 4.33.